The molecule has 0 aromatic heterocycles. The molecule has 0 radical (unpaired) electrons. The van der Waals surface area contributed by atoms with Gasteiger partial charge in [-0.25, -0.2) is 0 Å². The van der Waals surface area contributed by atoms with Gasteiger partial charge in [0.15, 0.2) is 11.6 Å². The van der Waals surface area contributed by atoms with Crippen LogP contribution in [0.4, 0.5) is 0 Å². The summed E-state index contributed by atoms with van der Waals surface area (Å²) in [5.41, 5.74) is 4.94. The summed E-state index contributed by atoms with van der Waals surface area (Å²) >= 11 is 0. The van der Waals surface area contributed by atoms with Crippen LogP contribution in [0.25, 0.3) is 0 Å². The molecule has 0 heterocycles. The largest absolute Gasteiger partial charge is 0.489 e. The maximum Gasteiger partial charge on any atom is 0.306 e. The topological polar surface area (TPSA) is 199 Å². The monoisotopic (exact) mass is 1100 g/mol. The number of ether oxygens (including phenoxy) is 6. The van der Waals surface area contributed by atoms with Gasteiger partial charge in [0.1, 0.15) is 43.7 Å². The van der Waals surface area contributed by atoms with Crippen molar-refractivity contribution in [2.45, 2.75) is 110 Å². The van der Waals surface area contributed by atoms with E-state index in [2.05, 4.69) is 10.6 Å². The average molecular weight is 1100 g/mol. The molecule has 2 amide bonds. The van der Waals surface area contributed by atoms with Gasteiger partial charge in [-0.1, -0.05) is 146 Å². The number of hydrogen-bond acceptors (Lipinski definition) is 13. The van der Waals surface area contributed by atoms with Gasteiger partial charge in [-0.15, -0.1) is 0 Å². The second-order valence-corrected chi connectivity index (χ2v) is 19.9. The van der Waals surface area contributed by atoms with Crippen LogP contribution in [-0.2, 0) is 91.8 Å². The van der Waals surface area contributed by atoms with Crippen molar-refractivity contribution in [3.05, 3.63) is 203 Å². The Morgan fingerprint density at radius 2 is 0.864 bits per heavy atom. The molecular weight excluding hydrogens is 1030 g/mol. The predicted molar refractivity (Wildman–Crippen MR) is 305 cm³/mol. The number of carbonyl (C=O) groups is 7. The van der Waals surface area contributed by atoms with Gasteiger partial charge >= 0.3 is 11.9 Å². The van der Waals surface area contributed by atoms with Crippen LogP contribution in [0.2, 0.25) is 0 Å². The summed E-state index contributed by atoms with van der Waals surface area (Å²) < 4.78 is 33.7. The summed E-state index contributed by atoms with van der Waals surface area (Å²) in [6.45, 7) is 3.05. The van der Waals surface area contributed by atoms with Gasteiger partial charge in [-0.2, -0.15) is 0 Å². The number of methoxy groups -OCH3 is 1. The summed E-state index contributed by atoms with van der Waals surface area (Å²) in [4.78, 5) is 97.4. The Morgan fingerprint density at radius 1 is 0.420 bits per heavy atom. The highest BCUT2D eigenvalue weighted by atomic mass is 16.5. The average Bonchev–Trinajstić information content (AvgIpc) is 3.52. The molecule has 6 aromatic carbocycles. The van der Waals surface area contributed by atoms with E-state index in [0.717, 1.165) is 27.8 Å². The van der Waals surface area contributed by atoms with Gasteiger partial charge in [0.25, 0.3) is 0 Å². The van der Waals surface area contributed by atoms with Crippen molar-refractivity contribution in [3.8, 4) is 11.5 Å². The van der Waals surface area contributed by atoms with E-state index in [1.807, 2.05) is 133 Å². The summed E-state index contributed by atoms with van der Waals surface area (Å²) in [6.07, 6.45) is -0.821. The lowest BCUT2D eigenvalue weighted by molar-refractivity contribution is -0.147. The zero-order valence-corrected chi connectivity index (χ0v) is 46.3. The minimum absolute atomic E-state index is 0.00407. The lowest BCUT2D eigenvalue weighted by Gasteiger charge is -2.25. The van der Waals surface area contributed by atoms with Gasteiger partial charge in [0.05, 0.1) is 25.3 Å². The van der Waals surface area contributed by atoms with Crippen LogP contribution in [0, 0.1) is 11.8 Å². The standard InChI is InChI=1S/C66H74N2O13/c1-48(69)40-56(41-49-25-30-57(31-26-49)78-44-51-16-7-3-8-17-51)66(75)68-60(42-50-27-32-58(33-28-50)79-45-52-18-9-4-10-19-52)62(71)43-55(29-35-63(72)80-46-53-20-11-5-12-21-53)65(74)67-59(61(70)24-15-37-77-39-38-76-2)34-36-64(73)81-47-54-22-13-6-14-23-54/h3-14,16-23,25-28,30-33,55-56,59-60H,15,24,29,34-47H2,1-2H3,(H,67,74)(H,68,75)/t55-,56+,59-,60-/m1/s1. The second-order valence-electron chi connectivity index (χ2n) is 19.9. The fraction of sp³-hybridized carbons (Fsp3) is 0.348. The zero-order valence-electron chi connectivity index (χ0n) is 46.3. The molecule has 0 saturated carbocycles. The van der Waals surface area contributed by atoms with Crippen molar-refractivity contribution in [2.24, 2.45) is 11.8 Å². The number of esters is 2. The number of amides is 2. The molecule has 426 valence electrons. The van der Waals surface area contributed by atoms with Crippen LogP contribution >= 0.6 is 0 Å². The fourth-order valence-electron chi connectivity index (χ4n) is 8.84. The molecule has 81 heavy (non-hydrogen) atoms. The number of ketones is 3. The number of benzene rings is 6. The normalized spacial score (nSPS) is 12.4. The SMILES string of the molecule is COCCOCCCC(=O)[C@@H](CCC(=O)OCc1ccccc1)NC(=O)[C@H](CCC(=O)OCc1ccccc1)CC(=O)[C@@H](Cc1ccc(OCc2ccccc2)cc1)NC(=O)[C@@H](CC(C)=O)Cc1ccc(OCc2ccccc2)cc1. The van der Waals surface area contributed by atoms with Gasteiger partial charge in [0, 0.05) is 57.7 Å². The van der Waals surface area contributed by atoms with E-state index in [4.69, 9.17) is 28.4 Å². The van der Waals surface area contributed by atoms with E-state index in [1.165, 1.54) is 6.92 Å². The van der Waals surface area contributed by atoms with Gasteiger partial charge in [-0.3, -0.25) is 28.8 Å². The van der Waals surface area contributed by atoms with E-state index in [9.17, 15) is 33.6 Å². The molecule has 6 aromatic rings. The molecule has 0 saturated heterocycles. The molecular formula is C66H74N2O13. The fourth-order valence-corrected chi connectivity index (χ4v) is 8.84. The van der Waals surface area contributed by atoms with Crippen molar-refractivity contribution in [1.82, 2.24) is 10.6 Å². The van der Waals surface area contributed by atoms with Crippen LogP contribution in [0.15, 0.2) is 170 Å². The highest BCUT2D eigenvalue weighted by molar-refractivity contribution is 5.95. The van der Waals surface area contributed by atoms with Crippen LogP contribution in [0.3, 0.4) is 0 Å². The number of carbonyl (C=O) groups excluding carboxylic acids is 7. The number of rotatable bonds is 37. The summed E-state index contributed by atoms with van der Waals surface area (Å²) in [6, 6.07) is 49.6. The maximum absolute atomic E-state index is 15.0. The Hall–Kier alpha value is -8.27. The lowest BCUT2D eigenvalue weighted by Crippen LogP contribution is -2.48. The van der Waals surface area contributed by atoms with Crippen molar-refractivity contribution in [1.29, 1.82) is 0 Å². The van der Waals surface area contributed by atoms with E-state index in [-0.39, 0.29) is 82.8 Å². The highest BCUT2D eigenvalue weighted by Gasteiger charge is 2.33. The van der Waals surface area contributed by atoms with Crippen LogP contribution in [-0.4, -0.2) is 80.1 Å². The summed E-state index contributed by atoms with van der Waals surface area (Å²) in [5.74, 6) is -4.45. The molecule has 0 spiro atoms. The molecule has 15 nitrogen and oxygen atoms in total. The van der Waals surface area contributed by atoms with Crippen molar-refractivity contribution in [2.75, 3.05) is 26.9 Å². The van der Waals surface area contributed by atoms with Crippen LogP contribution in [0.1, 0.15) is 91.7 Å². The second kappa shape index (κ2) is 34.7. The van der Waals surface area contributed by atoms with E-state index < -0.39 is 59.9 Å². The lowest BCUT2D eigenvalue weighted by atomic mass is 9.89. The van der Waals surface area contributed by atoms with E-state index in [0.29, 0.717) is 49.9 Å². The summed E-state index contributed by atoms with van der Waals surface area (Å²) in [7, 11) is 1.55. The zero-order chi connectivity index (χ0) is 57.4. The first kappa shape index (κ1) is 61.9. The number of hydrogen-bond donors (Lipinski definition) is 2. The smallest absolute Gasteiger partial charge is 0.306 e. The quantitative estimate of drug-likeness (QED) is 0.0276. The third kappa shape index (κ3) is 23.5. The Balaban J connectivity index is 1.23. The molecule has 0 unspecified atom stereocenters. The summed E-state index contributed by atoms with van der Waals surface area (Å²) in [5, 5.41) is 5.79. The first-order valence-electron chi connectivity index (χ1n) is 27.5. The molecule has 0 aliphatic rings. The Labute approximate surface area is 475 Å². The van der Waals surface area contributed by atoms with Gasteiger partial charge < -0.3 is 43.8 Å². The minimum Gasteiger partial charge on any atom is -0.489 e. The van der Waals surface area contributed by atoms with Crippen molar-refractivity contribution < 1.29 is 62.0 Å². The van der Waals surface area contributed by atoms with Crippen LogP contribution in [0.5, 0.6) is 11.5 Å². The van der Waals surface area contributed by atoms with Crippen molar-refractivity contribution in [3.63, 3.8) is 0 Å². The predicted octanol–water partition coefficient (Wildman–Crippen LogP) is 9.83. The Kier molecular flexibility index (Phi) is 26.5. The maximum atomic E-state index is 15.0. The molecule has 4 atom stereocenters. The molecule has 0 bridgehead atoms. The Bertz CT molecular complexity index is 2870. The Morgan fingerprint density at radius 3 is 1.35 bits per heavy atom. The molecule has 0 aliphatic carbocycles. The molecule has 15 heteroatoms. The third-order valence-electron chi connectivity index (χ3n) is 13.4. The molecule has 6 rings (SSSR count). The first-order chi connectivity index (χ1) is 39.4. The van der Waals surface area contributed by atoms with Crippen molar-refractivity contribution >= 4 is 41.1 Å². The van der Waals surface area contributed by atoms with Gasteiger partial charge in [0.2, 0.25) is 11.8 Å². The third-order valence-corrected chi connectivity index (χ3v) is 13.4. The molecule has 0 aliphatic heterocycles. The van der Waals surface area contributed by atoms with Gasteiger partial charge in [-0.05, 0) is 96.7 Å². The minimum atomic E-state index is -1.22. The highest BCUT2D eigenvalue weighted by Crippen LogP contribution is 2.23. The van der Waals surface area contributed by atoms with E-state index >= 15 is 0 Å². The number of nitrogens with one attached hydrogen (secondary N) is 2. The van der Waals surface area contributed by atoms with Crippen LogP contribution < -0.4 is 20.1 Å². The van der Waals surface area contributed by atoms with E-state index in [1.54, 1.807) is 43.5 Å². The molecule has 2 N–H and O–H groups in total. The number of Topliss-reactive ketones (excluding diaryl/α,β-unsaturated/α-hetero) is 3. The molecule has 0 fully saturated rings. The first-order valence-corrected chi connectivity index (χ1v) is 27.5.